The van der Waals surface area contributed by atoms with Gasteiger partial charge in [0.25, 0.3) is 5.56 Å². The second kappa shape index (κ2) is 4.23. The highest BCUT2D eigenvalue weighted by molar-refractivity contribution is 7.17. The van der Waals surface area contributed by atoms with Crippen molar-refractivity contribution in [1.82, 2.24) is 9.13 Å². The van der Waals surface area contributed by atoms with Crippen molar-refractivity contribution in [2.45, 2.75) is 6.54 Å². The van der Waals surface area contributed by atoms with Gasteiger partial charge < -0.3 is 4.74 Å². The van der Waals surface area contributed by atoms with Crippen molar-refractivity contribution in [3.8, 4) is 0 Å². The van der Waals surface area contributed by atoms with Crippen molar-refractivity contribution in [2.75, 3.05) is 13.7 Å². The molecule has 2 aromatic heterocycles. The highest BCUT2D eigenvalue weighted by Gasteiger charge is 2.11. The molecule has 86 valence electrons. The Labute approximate surface area is 95.5 Å². The molecule has 2 aromatic rings. The standard InChI is InChI=1S/C10H12N2O3S/c1-11-7-3-6-16-8(7)9(13)12(10(11)14)4-5-15-2/h3,6H,4-5H2,1-2H3. The lowest BCUT2D eigenvalue weighted by Gasteiger charge is -2.07. The number of nitrogens with zero attached hydrogens (tertiary/aromatic N) is 2. The average Bonchev–Trinajstić information content (AvgIpc) is 2.75. The van der Waals surface area contributed by atoms with E-state index in [2.05, 4.69) is 0 Å². The zero-order chi connectivity index (χ0) is 11.7. The fourth-order valence-corrected chi connectivity index (χ4v) is 2.47. The van der Waals surface area contributed by atoms with E-state index in [1.165, 1.54) is 20.5 Å². The van der Waals surface area contributed by atoms with Crippen molar-refractivity contribution in [1.29, 1.82) is 0 Å². The van der Waals surface area contributed by atoms with Crippen LogP contribution in [0.25, 0.3) is 10.2 Å². The third-order valence-electron chi connectivity index (χ3n) is 2.48. The van der Waals surface area contributed by atoms with E-state index in [1.54, 1.807) is 20.2 Å². The third kappa shape index (κ3) is 1.60. The molecule has 16 heavy (non-hydrogen) atoms. The lowest BCUT2D eigenvalue weighted by atomic mass is 10.4. The minimum absolute atomic E-state index is 0.231. The molecule has 0 amide bonds. The van der Waals surface area contributed by atoms with Crippen molar-refractivity contribution in [3.05, 3.63) is 32.3 Å². The number of fused-ring (bicyclic) bond motifs is 1. The van der Waals surface area contributed by atoms with Gasteiger partial charge in [-0.3, -0.25) is 13.9 Å². The SMILES string of the molecule is COCCn1c(=O)c2sccc2n(C)c1=O. The van der Waals surface area contributed by atoms with E-state index < -0.39 is 0 Å². The normalized spacial score (nSPS) is 11.1. The maximum atomic E-state index is 12.0. The van der Waals surface area contributed by atoms with Crippen LogP contribution in [0.4, 0.5) is 0 Å². The fourth-order valence-electron chi connectivity index (χ4n) is 1.60. The molecule has 0 aromatic carbocycles. The van der Waals surface area contributed by atoms with E-state index in [0.717, 1.165) is 0 Å². The van der Waals surface area contributed by atoms with E-state index in [0.29, 0.717) is 16.8 Å². The first-order chi connectivity index (χ1) is 7.66. The lowest BCUT2D eigenvalue weighted by molar-refractivity contribution is 0.184. The molecule has 0 N–H and O–H groups in total. The summed E-state index contributed by atoms with van der Waals surface area (Å²) in [5.74, 6) is 0. The van der Waals surface area contributed by atoms with Gasteiger partial charge in [0.05, 0.1) is 18.7 Å². The van der Waals surface area contributed by atoms with Gasteiger partial charge in [-0.05, 0) is 11.4 Å². The molecule has 0 aliphatic carbocycles. The highest BCUT2D eigenvalue weighted by Crippen LogP contribution is 2.13. The zero-order valence-electron chi connectivity index (χ0n) is 9.10. The second-order valence-electron chi connectivity index (χ2n) is 3.43. The molecule has 2 rings (SSSR count). The van der Waals surface area contributed by atoms with Crippen molar-refractivity contribution in [3.63, 3.8) is 0 Å². The number of aromatic nitrogens is 2. The van der Waals surface area contributed by atoms with Crippen LogP contribution in [0.3, 0.4) is 0 Å². The molecular weight excluding hydrogens is 228 g/mol. The summed E-state index contributed by atoms with van der Waals surface area (Å²) in [5.41, 5.74) is 0.159. The highest BCUT2D eigenvalue weighted by atomic mass is 32.1. The number of rotatable bonds is 3. The predicted molar refractivity (Wildman–Crippen MR) is 63.2 cm³/mol. The Morgan fingerprint density at radius 2 is 2.19 bits per heavy atom. The first-order valence-electron chi connectivity index (χ1n) is 4.82. The van der Waals surface area contributed by atoms with Gasteiger partial charge in [-0.2, -0.15) is 0 Å². The number of ether oxygens (including phenoxy) is 1. The number of aryl methyl sites for hydroxylation is 1. The molecule has 0 radical (unpaired) electrons. The Hall–Kier alpha value is -1.40. The molecular formula is C10H12N2O3S. The van der Waals surface area contributed by atoms with Crippen molar-refractivity contribution < 1.29 is 4.74 Å². The summed E-state index contributed by atoms with van der Waals surface area (Å²) in [6.07, 6.45) is 0. The molecule has 5 nitrogen and oxygen atoms in total. The molecule has 0 saturated carbocycles. The average molecular weight is 240 g/mol. The molecule has 0 bridgehead atoms. The van der Waals surface area contributed by atoms with Crippen LogP contribution < -0.4 is 11.2 Å². The third-order valence-corrected chi connectivity index (χ3v) is 3.37. The molecule has 2 heterocycles. The Balaban J connectivity index is 2.73. The van der Waals surface area contributed by atoms with Gasteiger partial charge in [-0.15, -0.1) is 11.3 Å². The molecule has 0 saturated heterocycles. The Morgan fingerprint density at radius 3 is 2.88 bits per heavy atom. The van der Waals surface area contributed by atoms with Crippen molar-refractivity contribution in [2.24, 2.45) is 7.05 Å². The van der Waals surface area contributed by atoms with Crippen LogP contribution in [-0.4, -0.2) is 22.9 Å². The summed E-state index contributed by atoms with van der Waals surface area (Å²) >= 11 is 1.35. The first-order valence-corrected chi connectivity index (χ1v) is 5.70. The lowest BCUT2D eigenvalue weighted by Crippen LogP contribution is -2.39. The number of hydrogen-bond donors (Lipinski definition) is 0. The fraction of sp³-hybridized carbons (Fsp3) is 0.400. The monoisotopic (exact) mass is 240 g/mol. The van der Waals surface area contributed by atoms with Gasteiger partial charge in [0.1, 0.15) is 4.70 Å². The first kappa shape index (κ1) is 11.1. The Morgan fingerprint density at radius 1 is 1.44 bits per heavy atom. The predicted octanol–water partition coefficient (Wildman–Crippen LogP) is 0.408. The molecule has 0 unspecified atom stereocenters. The van der Waals surface area contributed by atoms with Crippen LogP contribution in [-0.2, 0) is 18.3 Å². The molecule has 6 heteroatoms. The maximum Gasteiger partial charge on any atom is 0.331 e. The molecule has 0 aliphatic rings. The second-order valence-corrected chi connectivity index (χ2v) is 4.34. The minimum atomic E-state index is -0.298. The van der Waals surface area contributed by atoms with Gasteiger partial charge in [0, 0.05) is 14.2 Å². The number of thiophene rings is 1. The maximum absolute atomic E-state index is 12.0. The van der Waals surface area contributed by atoms with Crippen LogP contribution in [0.5, 0.6) is 0 Å². The molecule has 0 spiro atoms. The Bertz CT molecular complexity index is 623. The van der Waals surface area contributed by atoms with E-state index in [4.69, 9.17) is 4.74 Å². The van der Waals surface area contributed by atoms with E-state index in [1.807, 2.05) is 5.38 Å². The Kier molecular flexibility index (Phi) is 2.93. The van der Waals surface area contributed by atoms with Gasteiger partial charge in [0.2, 0.25) is 0 Å². The van der Waals surface area contributed by atoms with Crippen LogP contribution >= 0.6 is 11.3 Å². The zero-order valence-corrected chi connectivity index (χ0v) is 9.91. The minimum Gasteiger partial charge on any atom is -0.383 e. The van der Waals surface area contributed by atoms with Gasteiger partial charge in [-0.25, -0.2) is 4.79 Å². The number of methoxy groups -OCH3 is 1. The van der Waals surface area contributed by atoms with E-state index in [-0.39, 0.29) is 17.8 Å². The largest absolute Gasteiger partial charge is 0.383 e. The summed E-state index contributed by atoms with van der Waals surface area (Å²) in [6.45, 7) is 0.641. The summed E-state index contributed by atoms with van der Waals surface area (Å²) in [5, 5.41) is 1.81. The van der Waals surface area contributed by atoms with E-state index >= 15 is 0 Å². The van der Waals surface area contributed by atoms with Crippen LogP contribution in [0.15, 0.2) is 21.0 Å². The van der Waals surface area contributed by atoms with E-state index in [9.17, 15) is 9.59 Å². The van der Waals surface area contributed by atoms with Gasteiger partial charge in [-0.1, -0.05) is 0 Å². The molecule has 0 aliphatic heterocycles. The smallest absolute Gasteiger partial charge is 0.331 e. The quantitative estimate of drug-likeness (QED) is 0.780. The molecule has 0 fully saturated rings. The molecule has 0 atom stereocenters. The van der Waals surface area contributed by atoms with Crippen molar-refractivity contribution >= 4 is 21.6 Å². The summed E-state index contributed by atoms with van der Waals surface area (Å²) in [7, 11) is 3.21. The van der Waals surface area contributed by atoms with Gasteiger partial charge in [0.15, 0.2) is 0 Å². The summed E-state index contributed by atoms with van der Waals surface area (Å²) in [6, 6.07) is 1.78. The van der Waals surface area contributed by atoms with Crippen LogP contribution in [0.2, 0.25) is 0 Å². The van der Waals surface area contributed by atoms with Gasteiger partial charge >= 0.3 is 5.69 Å². The topological polar surface area (TPSA) is 53.2 Å². The summed E-state index contributed by atoms with van der Waals surface area (Å²) in [4.78, 5) is 23.9. The van der Waals surface area contributed by atoms with Crippen LogP contribution in [0, 0.1) is 0 Å². The summed E-state index contributed by atoms with van der Waals surface area (Å²) < 4.78 is 8.19. The van der Waals surface area contributed by atoms with Crippen LogP contribution in [0.1, 0.15) is 0 Å². The number of hydrogen-bond acceptors (Lipinski definition) is 4.